The van der Waals surface area contributed by atoms with Gasteiger partial charge in [-0.1, -0.05) is 12.2 Å². The number of aromatic nitrogens is 8. The first-order chi connectivity index (χ1) is 23.1. The van der Waals surface area contributed by atoms with Gasteiger partial charge in [-0.3, -0.25) is 18.2 Å². The Kier molecular flexibility index (Phi) is 8.75. The summed E-state index contributed by atoms with van der Waals surface area (Å²) in [7, 11) is 0. The van der Waals surface area contributed by atoms with Crippen LogP contribution in [0.1, 0.15) is 36.7 Å². The lowest BCUT2D eigenvalue weighted by Crippen LogP contribution is -2.37. The van der Waals surface area contributed by atoms with E-state index in [4.69, 9.17) is 51.2 Å². The van der Waals surface area contributed by atoms with Crippen LogP contribution in [0.2, 0.25) is 0 Å². The van der Waals surface area contributed by atoms with E-state index in [1.165, 1.54) is 34.4 Å². The smallest absolute Gasteiger partial charge is 0.325 e. The Morgan fingerprint density at radius 2 is 1.12 bits per heavy atom. The van der Waals surface area contributed by atoms with Gasteiger partial charge in [-0.15, -0.1) is 0 Å². The zero-order valence-electron chi connectivity index (χ0n) is 24.7. The summed E-state index contributed by atoms with van der Waals surface area (Å²) < 4.78 is 69.8. The van der Waals surface area contributed by atoms with Crippen molar-refractivity contribution >= 4 is 59.4 Å². The number of hydrogen-bond acceptors (Lipinski definition) is 14. The Balaban J connectivity index is 1.21. The number of allylic oxidation sites excluding steroid dienone is 2. The summed E-state index contributed by atoms with van der Waals surface area (Å²) in [5.74, 6) is 0. The van der Waals surface area contributed by atoms with Crippen molar-refractivity contribution in [3.8, 4) is 0 Å². The van der Waals surface area contributed by atoms with Crippen molar-refractivity contribution in [1.82, 2.24) is 39.0 Å². The molecule has 0 radical (unpaired) electrons. The van der Waals surface area contributed by atoms with Crippen molar-refractivity contribution in [2.45, 2.75) is 74.9 Å². The molecule has 256 valence electrons. The highest BCUT2D eigenvalue weighted by Gasteiger charge is 2.53. The lowest BCUT2D eigenvalue weighted by atomic mass is 10.1. The van der Waals surface area contributed by atoms with Crippen molar-refractivity contribution in [3.63, 3.8) is 0 Å². The normalized spacial score (nSPS) is 38.3. The molecule has 3 fully saturated rings. The Morgan fingerprint density at radius 1 is 0.688 bits per heavy atom. The van der Waals surface area contributed by atoms with E-state index in [1.54, 1.807) is 0 Å². The molecule has 9 rings (SSSR count). The molecule has 4 aromatic heterocycles. The molecule has 3 saturated heterocycles. The van der Waals surface area contributed by atoms with Crippen LogP contribution in [0.25, 0.3) is 22.3 Å². The molecule has 22 heteroatoms. The molecular formula is C26H28F2N8O8P2S2. The fraction of sp³-hybridized carbons (Fsp3) is 0.538. The summed E-state index contributed by atoms with van der Waals surface area (Å²) in [6.45, 7) is -9.56. The first kappa shape index (κ1) is 32.9. The highest BCUT2D eigenvalue weighted by molar-refractivity contribution is 8.07. The topological polar surface area (TPSA) is 183 Å². The van der Waals surface area contributed by atoms with E-state index in [2.05, 4.69) is 29.9 Å². The third-order valence-electron chi connectivity index (χ3n) is 8.53. The van der Waals surface area contributed by atoms with Gasteiger partial charge in [-0.25, -0.2) is 38.7 Å². The largest absolute Gasteiger partial charge is 0.346 e. The molecule has 2 unspecified atom stereocenters. The van der Waals surface area contributed by atoms with Crippen LogP contribution in [0, 0.1) is 0 Å². The minimum absolute atomic E-state index is 0.306. The molecule has 5 aliphatic heterocycles. The molecule has 0 aromatic carbocycles. The van der Waals surface area contributed by atoms with Crippen LogP contribution in [0.4, 0.5) is 8.78 Å². The van der Waals surface area contributed by atoms with Crippen molar-refractivity contribution in [2.75, 3.05) is 13.2 Å². The molecule has 5 aliphatic rings. The minimum Gasteiger partial charge on any atom is -0.346 e. The molecule has 14 bridgehead atoms. The van der Waals surface area contributed by atoms with Crippen molar-refractivity contribution < 1.29 is 46.1 Å². The van der Waals surface area contributed by atoms with E-state index in [0.29, 0.717) is 59.4 Å². The maximum atomic E-state index is 16.3. The number of imidazole rings is 2. The highest BCUT2D eigenvalue weighted by Crippen LogP contribution is 2.54. The van der Waals surface area contributed by atoms with Crippen LogP contribution < -0.4 is 0 Å². The first-order valence-corrected chi connectivity index (χ1v) is 20.1. The summed E-state index contributed by atoms with van der Waals surface area (Å²) in [6.07, 6.45) is -0.384. The van der Waals surface area contributed by atoms with Gasteiger partial charge in [0.1, 0.15) is 48.1 Å². The van der Waals surface area contributed by atoms with E-state index in [0.717, 1.165) is 0 Å². The average molecular weight is 745 g/mol. The van der Waals surface area contributed by atoms with Crippen molar-refractivity contribution in [1.29, 1.82) is 0 Å². The predicted octanol–water partition coefficient (Wildman–Crippen LogP) is 2.82. The maximum absolute atomic E-state index is 16.3. The predicted molar refractivity (Wildman–Crippen MR) is 169 cm³/mol. The molecule has 0 aliphatic carbocycles. The van der Waals surface area contributed by atoms with Crippen LogP contribution in [-0.4, -0.2) is 98.8 Å². The zero-order valence-corrected chi connectivity index (χ0v) is 28.1. The van der Waals surface area contributed by atoms with E-state index in [9.17, 15) is 9.79 Å². The minimum atomic E-state index is -4.22. The third-order valence-corrected chi connectivity index (χ3v) is 11.6. The second-order valence-corrected chi connectivity index (χ2v) is 17.1. The van der Waals surface area contributed by atoms with Gasteiger partial charge in [0.05, 0.1) is 37.3 Å². The molecule has 10 atom stereocenters. The van der Waals surface area contributed by atoms with Gasteiger partial charge in [0.2, 0.25) is 0 Å². The number of rotatable bonds is 0. The number of nitrogens with zero attached hydrogens (tertiary/aromatic N) is 8. The second kappa shape index (κ2) is 12.8. The van der Waals surface area contributed by atoms with Gasteiger partial charge in [-0.2, -0.15) is 0 Å². The molecule has 16 nitrogen and oxygen atoms in total. The van der Waals surface area contributed by atoms with Gasteiger partial charge in [0, 0.05) is 0 Å². The van der Waals surface area contributed by atoms with E-state index in [-0.39, 0.29) is 0 Å². The van der Waals surface area contributed by atoms with E-state index >= 15 is 8.78 Å². The fourth-order valence-electron chi connectivity index (χ4n) is 6.27. The van der Waals surface area contributed by atoms with Crippen molar-refractivity contribution in [2.24, 2.45) is 0 Å². The van der Waals surface area contributed by atoms with Crippen LogP contribution in [0.3, 0.4) is 0 Å². The van der Waals surface area contributed by atoms with Crippen LogP contribution in [-0.2, 0) is 64.0 Å². The zero-order chi connectivity index (χ0) is 33.2. The van der Waals surface area contributed by atoms with Gasteiger partial charge in [0.25, 0.3) is 0 Å². The molecular weight excluding hydrogens is 716 g/mol. The number of fused-ring (bicyclic) bond motifs is 10. The Bertz CT molecular complexity index is 1850. The van der Waals surface area contributed by atoms with E-state index in [1.807, 2.05) is 12.2 Å². The summed E-state index contributed by atoms with van der Waals surface area (Å²) in [5, 5.41) is 0. The van der Waals surface area contributed by atoms with Crippen LogP contribution in [0.5, 0.6) is 0 Å². The Labute approximate surface area is 280 Å². The maximum Gasteiger partial charge on any atom is 0.325 e. The van der Waals surface area contributed by atoms with Crippen LogP contribution in [0.15, 0.2) is 37.5 Å². The van der Waals surface area contributed by atoms with E-state index < -0.39 is 75.9 Å². The standard InChI is InChI=1S/C26H28F2N8O8P2S2/c27-17-21-15-7-39-46(38,48)44-22-16(8-40-45(37,47)43-21)42-26(18(22)28)36-12-34-20-14(30-10-32-24(20)36)6-4-2-1-3-5-13-19-23(31-9-29-13)35(11-33-19)25(17)41-15/h1-2,9-12,15-18,21-22,25-26H,3-8H2,(H,37,47)(H,38,48)/b2-1+/t15-,16-,17-,18-,21-,22-,25-,26-,45?,46?/m1/s1. The number of ether oxygens (including phenoxy) is 2. The monoisotopic (exact) mass is 744 g/mol. The quantitative estimate of drug-likeness (QED) is 0.198. The van der Waals surface area contributed by atoms with Crippen LogP contribution >= 0.6 is 13.4 Å². The fourth-order valence-corrected chi connectivity index (χ4v) is 9.15. The third kappa shape index (κ3) is 6.05. The molecule has 9 heterocycles. The molecule has 0 spiro atoms. The highest BCUT2D eigenvalue weighted by atomic mass is 32.5. The summed E-state index contributed by atoms with van der Waals surface area (Å²) in [4.78, 5) is 48.4. The number of hydrogen-bond donors (Lipinski definition) is 2. The van der Waals surface area contributed by atoms with Gasteiger partial charge in [-0.05, 0) is 49.3 Å². The summed E-state index contributed by atoms with van der Waals surface area (Å²) in [5.41, 5.74) is 2.83. The SMILES string of the molecule is OP1(=S)OC[C@H]2O[C@@H]3[C@H](F)[C@@H]2OP(O)(=S)OC[C@H]2O[C@H]([C@H](F)[C@@H]2O1)n1cnc2c(ncnc21)CC/C=C/CCc1ncnc2c1ncn23. The lowest BCUT2D eigenvalue weighted by Gasteiger charge is -2.29. The van der Waals surface area contributed by atoms with Gasteiger partial charge in [0.15, 0.2) is 36.1 Å². The molecule has 48 heavy (non-hydrogen) atoms. The van der Waals surface area contributed by atoms with Gasteiger partial charge >= 0.3 is 13.4 Å². The molecule has 0 amide bonds. The first-order valence-electron chi connectivity index (χ1n) is 15.0. The Morgan fingerprint density at radius 3 is 1.56 bits per heavy atom. The second-order valence-electron chi connectivity index (χ2n) is 11.5. The van der Waals surface area contributed by atoms with Gasteiger partial charge < -0.3 is 28.3 Å². The molecule has 4 aromatic rings. The number of aryl methyl sites for hydroxylation is 2. The number of alkyl halides is 2. The summed E-state index contributed by atoms with van der Waals surface area (Å²) >= 11 is 10.5. The van der Waals surface area contributed by atoms with Crippen molar-refractivity contribution in [3.05, 3.63) is 48.8 Å². The Hall–Kier alpha value is -2.32. The summed E-state index contributed by atoms with van der Waals surface area (Å²) in [6, 6.07) is 0. The average Bonchev–Trinajstić information content (AvgIpc) is 3.81. The molecule has 0 saturated carbocycles. The molecule has 2 N–H and O–H groups in total. The lowest BCUT2D eigenvalue weighted by molar-refractivity contribution is -0.0583. The number of halogens is 2.